The van der Waals surface area contributed by atoms with Crippen molar-refractivity contribution in [3.8, 4) is 11.3 Å². The largest absolute Gasteiger partial charge is 0.370 e. The fourth-order valence-corrected chi connectivity index (χ4v) is 3.14. The summed E-state index contributed by atoms with van der Waals surface area (Å²) in [6, 6.07) is 12.4. The highest BCUT2D eigenvalue weighted by Gasteiger charge is 2.09. The maximum absolute atomic E-state index is 4.77. The normalized spacial score (nSPS) is 9.94. The summed E-state index contributed by atoms with van der Waals surface area (Å²) in [6.07, 6.45) is 8.05. The van der Waals surface area contributed by atoms with Crippen molar-refractivity contribution in [1.82, 2.24) is 19.5 Å². The Morgan fingerprint density at radius 3 is 2.15 bits per heavy atom. The van der Waals surface area contributed by atoms with Gasteiger partial charge in [0.05, 0.1) is 11.9 Å². The van der Waals surface area contributed by atoms with Gasteiger partial charge >= 0.3 is 0 Å². The molecule has 2 aromatic heterocycles. The lowest BCUT2D eigenvalue weighted by molar-refractivity contribution is 0.327. The monoisotopic (exact) mass is 469 g/mol. The van der Waals surface area contributed by atoms with Gasteiger partial charge in [0.25, 0.3) is 0 Å². The smallest absolute Gasteiger partial charge is 0.157 e. The molecule has 0 spiro atoms. The van der Waals surface area contributed by atoms with Crippen molar-refractivity contribution in [2.45, 2.75) is 87.5 Å². The molecule has 0 amide bonds. The summed E-state index contributed by atoms with van der Waals surface area (Å²) in [7, 11) is 2.20. The second-order valence-corrected chi connectivity index (χ2v) is 7.88. The summed E-state index contributed by atoms with van der Waals surface area (Å²) >= 11 is 0. The van der Waals surface area contributed by atoms with Crippen LogP contribution in [0.5, 0.6) is 0 Å². The van der Waals surface area contributed by atoms with Crippen LogP contribution in [0.15, 0.2) is 42.6 Å². The average Bonchev–Trinajstić information content (AvgIpc) is 3.37. The highest BCUT2D eigenvalue weighted by Crippen LogP contribution is 2.24. The van der Waals surface area contributed by atoms with Gasteiger partial charge in [0.2, 0.25) is 0 Å². The molecule has 0 atom stereocenters. The Morgan fingerprint density at radius 1 is 0.882 bits per heavy atom. The van der Waals surface area contributed by atoms with Crippen molar-refractivity contribution in [3.63, 3.8) is 0 Å². The van der Waals surface area contributed by atoms with Crippen molar-refractivity contribution in [1.29, 1.82) is 0 Å². The van der Waals surface area contributed by atoms with Gasteiger partial charge in [-0.15, -0.1) is 0 Å². The molecule has 192 valence electrons. The molecule has 0 saturated heterocycles. The molecule has 0 unspecified atom stereocenters. The number of hydrogen-bond donors (Lipinski definition) is 1. The lowest BCUT2D eigenvalue weighted by Gasteiger charge is -2.16. The van der Waals surface area contributed by atoms with E-state index < -0.39 is 0 Å². The second-order valence-electron chi connectivity index (χ2n) is 7.88. The maximum Gasteiger partial charge on any atom is 0.157 e. The van der Waals surface area contributed by atoms with Gasteiger partial charge in [-0.25, -0.2) is 4.98 Å². The molecule has 3 aromatic rings. The summed E-state index contributed by atoms with van der Waals surface area (Å²) < 4.78 is 1.88. The number of aromatic nitrogens is 3. The molecular weight excluding hydrogens is 418 g/mol. The third-order valence-electron chi connectivity index (χ3n) is 5.20. The van der Waals surface area contributed by atoms with E-state index in [0.717, 1.165) is 36.7 Å². The van der Waals surface area contributed by atoms with Gasteiger partial charge in [-0.1, -0.05) is 92.0 Å². The van der Waals surface area contributed by atoms with Crippen molar-refractivity contribution in [3.05, 3.63) is 48.2 Å². The number of nitrogens with one attached hydrogen (secondary N) is 1. The number of rotatable bonds is 10. The van der Waals surface area contributed by atoms with E-state index >= 15 is 0 Å². The molecule has 0 saturated carbocycles. The third kappa shape index (κ3) is 11.1. The molecule has 3 rings (SSSR count). The summed E-state index contributed by atoms with van der Waals surface area (Å²) in [5.41, 5.74) is 4.25. The van der Waals surface area contributed by atoms with Crippen LogP contribution in [0.4, 0.5) is 5.82 Å². The predicted molar refractivity (Wildman–Crippen MR) is 152 cm³/mol. The minimum absolute atomic E-state index is 0.869. The van der Waals surface area contributed by atoms with E-state index in [9.17, 15) is 0 Å². The number of unbranched alkanes of at least 4 members (excludes halogenated alkanes) is 2. The molecule has 0 aliphatic carbocycles. The number of anilines is 1. The van der Waals surface area contributed by atoms with Crippen LogP contribution in [-0.2, 0) is 0 Å². The van der Waals surface area contributed by atoms with E-state index in [1.54, 1.807) is 6.20 Å². The van der Waals surface area contributed by atoms with Crippen LogP contribution in [-0.4, -0.2) is 46.2 Å². The number of nitrogens with zero attached hydrogens (tertiary/aromatic N) is 4. The summed E-state index contributed by atoms with van der Waals surface area (Å²) in [4.78, 5) is 7.17. The summed E-state index contributed by atoms with van der Waals surface area (Å²) in [6.45, 7) is 19.9. The van der Waals surface area contributed by atoms with Gasteiger partial charge in [-0.05, 0) is 45.5 Å². The van der Waals surface area contributed by atoms with E-state index in [0.29, 0.717) is 0 Å². The minimum Gasteiger partial charge on any atom is -0.370 e. The predicted octanol–water partition coefficient (Wildman–Crippen LogP) is 8.10. The molecule has 0 radical (unpaired) electrons. The van der Waals surface area contributed by atoms with Crippen LogP contribution < -0.4 is 5.32 Å². The van der Waals surface area contributed by atoms with Crippen molar-refractivity contribution < 1.29 is 0 Å². The first-order chi connectivity index (χ1) is 16.6. The molecule has 1 N–H and O–H groups in total. The van der Waals surface area contributed by atoms with Crippen LogP contribution >= 0.6 is 0 Å². The van der Waals surface area contributed by atoms with Crippen LogP contribution in [0.1, 0.15) is 86.1 Å². The third-order valence-corrected chi connectivity index (χ3v) is 5.20. The molecule has 0 fully saturated rings. The van der Waals surface area contributed by atoms with Crippen molar-refractivity contribution in [2.75, 3.05) is 32.0 Å². The summed E-state index contributed by atoms with van der Waals surface area (Å²) in [5, 5.41) is 7.96. The van der Waals surface area contributed by atoms with E-state index in [4.69, 9.17) is 4.98 Å². The fraction of sp³-hybridized carbons (Fsp3) is 0.586. The van der Waals surface area contributed by atoms with Gasteiger partial charge < -0.3 is 10.2 Å². The van der Waals surface area contributed by atoms with E-state index in [1.807, 2.05) is 38.3 Å². The first kappa shape index (κ1) is 31.6. The Kier molecular flexibility index (Phi) is 18.6. The van der Waals surface area contributed by atoms with Gasteiger partial charge in [0.15, 0.2) is 5.65 Å². The maximum atomic E-state index is 4.77. The molecule has 2 heterocycles. The molecule has 0 bridgehead atoms. The Morgan fingerprint density at radius 2 is 1.53 bits per heavy atom. The molecule has 5 heteroatoms. The van der Waals surface area contributed by atoms with Gasteiger partial charge in [0, 0.05) is 24.2 Å². The zero-order valence-corrected chi connectivity index (χ0v) is 23.5. The Balaban J connectivity index is 0.00000121. The number of benzene rings is 1. The molecule has 1 aromatic carbocycles. The first-order valence-corrected chi connectivity index (χ1v) is 13.4. The average molecular weight is 470 g/mol. The fourth-order valence-electron chi connectivity index (χ4n) is 3.14. The molecule has 0 aliphatic rings. The van der Waals surface area contributed by atoms with E-state index in [1.165, 1.54) is 43.4 Å². The highest BCUT2D eigenvalue weighted by molar-refractivity contribution is 5.69. The molecule has 0 aliphatic heterocycles. The van der Waals surface area contributed by atoms with Crippen LogP contribution in [0.3, 0.4) is 0 Å². The quantitative estimate of drug-likeness (QED) is 0.305. The van der Waals surface area contributed by atoms with Crippen molar-refractivity contribution >= 4 is 11.5 Å². The molecule has 5 nitrogen and oxygen atoms in total. The van der Waals surface area contributed by atoms with E-state index in [2.05, 4.69) is 80.4 Å². The molecular formula is C29H51N5. The standard InChI is InChI=1S/C21H29N5.C4H10.2C2H6/c1-4-5-14-25(3)15-8-12-22-21-16-19(18-10-7-6-9-17(18)2)24-20-11-13-23-26(20)21;1-3-4-2;2*1-2/h6-7,9-11,13,16,22H,4-5,8,12,14-15H2,1-3H3;3-4H2,1-2H3;2*1-2H3. The zero-order valence-electron chi connectivity index (χ0n) is 23.5. The van der Waals surface area contributed by atoms with Gasteiger partial charge in [-0.3, -0.25) is 0 Å². The highest BCUT2D eigenvalue weighted by atomic mass is 15.3. The number of hydrogen-bond acceptors (Lipinski definition) is 4. The van der Waals surface area contributed by atoms with Crippen LogP contribution in [0.25, 0.3) is 16.9 Å². The zero-order chi connectivity index (χ0) is 25.8. The molecule has 34 heavy (non-hydrogen) atoms. The Bertz CT molecular complexity index is 870. The number of fused-ring (bicyclic) bond motifs is 1. The SMILES string of the molecule is CC.CC.CCCC.CCCCN(C)CCCNc1cc(-c2ccccc2C)nc2ccnn12. The van der Waals surface area contributed by atoms with Crippen LogP contribution in [0.2, 0.25) is 0 Å². The lowest BCUT2D eigenvalue weighted by atomic mass is 10.1. The van der Waals surface area contributed by atoms with Gasteiger partial charge in [-0.2, -0.15) is 9.61 Å². The first-order valence-electron chi connectivity index (χ1n) is 13.4. The van der Waals surface area contributed by atoms with E-state index in [-0.39, 0.29) is 0 Å². The minimum atomic E-state index is 0.869. The topological polar surface area (TPSA) is 45.5 Å². The summed E-state index contributed by atoms with van der Waals surface area (Å²) in [5.74, 6) is 0.995. The van der Waals surface area contributed by atoms with Crippen LogP contribution in [0, 0.1) is 6.92 Å². The Labute approximate surface area is 210 Å². The number of aryl methyl sites for hydroxylation is 1. The van der Waals surface area contributed by atoms with Crippen molar-refractivity contribution in [2.24, 2.45) is 0 Å². The van der Waals surface area contributed by atoms with Gasteiger partial charge in [0.1, 0.15) is 5.82 Å². The Hall–Kier alpha value is -2.40. The lowest BCUT2D eigenvalue weighted by Crippen LogP contribution is -2.23. The second kappa shape index (κ2) is 20.0.